The van der Waals surface area contributed by atoms with Gasteiger partial charge in [-0.1, -0.05) is 24.3 Å². The fourth-order valence-corrected chi connectivity index (χ4v) is 6.90. The molecule has 0 N–H and O–H groups in total. The highest BCUT2D eigenvalue weighted by molar-refractivity contribution is 5.75. The Kier molecular flexibility index (Phi) is 5.53. The van der Waals surface area contributed by atoms with E-state index in [4.69, 9.17) is 14.2 Å². The van der Waals surface area contributed by atoms with Crippen LogP contribution in [0.4, 0.5) is 4.39 Å². The van der Waals surface area contributed by atoms with Gasteiger partial charge >= 0.3 is 5.97 Å². The second-order valence-corrected chi connectivity index (χ2v) is 10.3. The lowest BCUT2D eigenvalue weighted by atomic mass is 9.56. The molecule has 2 saturated heterocycles. The summed E-state index contributed by atoms with van der Waals surface area (Å²) >= 11 is 0. The van der Waals surface area contributed by atoms with Crippen molar-refractivity contribution in [3.63, 3.8) is 0 Å². The minimum atomic E-state index is -0.454. The summed E-state index contributed by atoms with van der Waals surface area (Å²) in [7, 11) is 0. The molecule has 2 aliphatic carbocycles. The number of allylic oxidation sites excluding steroid dienone is 1. The second kappa shape index (κ2) is 8.58. The molecule has 1 aromatic heterocycles. The summed E-state index contributed by atoms with van der Waals surface area (Å²) in [4.78, 5) is 17.3. The molecule has 6 atom stereocenters. The summed E-state index contributed by atoms with van der Waals surface area (Å²) in [6.45, 7) is 3.34. The lowest BCUT2D eigenvalue weighted by molar-refractivity contribution is -0.204. The van der Waals surface area contributed by atoms with E-state index < -0.39 is 5.79 Å². The number of halogens is 1. The van der Waals surface area contributed by atoms with Gasteiger partial charge in [0.15, 0.2) is 5.79 Å². The van der Waals surface area contributed by atoms with Gasteiger partial charge in [0.1, 0.15) is 11.9 Å². The average molecular weight is 464 g/mol. The molecule has 2 aliphatic heterocycles. The predicted molar refractivity (Wildman–Crippen MR) is 125 cm³/mol. The van der Waals surface area contributed by atoms with Gasteiger partial charge in [-0.15, -0.1) is 0 Å². The normalized spacial score (nSPS) is 34.2. The molecule has 6 heteroatoms. The van der Waals surface area contributed by atoms with Crippen molar-refractivity contribution in [1.82, 2.24) is 4.98 Å². The molecule has 178 valence electrons. The van der Waals surface area contributed by atoms with Crippen molar-refractivity contribution in [2.45, 2.75) is 44.5 Å². The van der Waals surface area contributed by atoms with Crippen LogP contribution in [-0.2, 0) is 19.0 Å². The molecule has 0 unspecified atom stereocenters. The number of pyridine rings is 1. The highest BCUT2D eigenvalue weighted by atomic mass is 19.1. The Morgan fingerprint density at radius 1 is 1.15 bits per heavy atom. The third-order valence-electron chi connectivity index (χ3n) is 8.39. The van der Waals surface area contributed by atoms with Gasteiger partial charge in [-0.2, -0.15) is 0 Å². The predicted octanol–water partition coefficient (Wildman–Crippen LogP) is 5.26. The van der Waals surface area contributed by atoms with Gasteiger partial charge < -0.3 is 14.2 Å². The Balaban J connectivity index is 1.25. The lowest BCUT2D eigenvalue weighted by Gasteiger charge is -2.49. The van der Waals surface area contributed by atoms with Crippen LogP contribution in [0.5, 0.6) is 0 Å². The Bertz CT molecular complexity index is 1090. The number of benzene rings is 1. The zero-order chi connectivity index (χ0) is 23.3. The number of carbonyl (C=O) groups is 1. The molecule has 0 amide bonds. The maximum atomic E-state index is 13.6. The molecule has 2 aromatic rings. The van der Waals surface area contributed by atoms with E-state index in [0.29, 0.717) is 25.0 Å². The first-order valence-corrected chi connectivity index (χ1v) is 12.4. The monoisotopic (exact) mass is 463 g/mol. The Hall–Kier alpha value is -2.57. The smallest absolute Gasteiger partial charge is 0.309 e. The zero-order valence-electron chi connectivity index (χ0n) is 19.4. The molecular formula is C28H30FNO4. The summed E-state index contributed by atoms with van der Waals surface area (Å²) < 4.78 is 31.3. The van der Waals surface area contributed by atoms with Crippen LogP contribution in [-0.4, -0.2) is 36.1 Å². The number of cyclic esters (lactones) is 1. The minimum Gasteiger partial charge on any atom is -0.462 e. The van der Waals surface area contributed by atoms with E-state index in [2.05, 4.69) is 17.1 Å². The summed E-state index contributed by atoms with van der Waals surface area (Å²) in [5.41, 5.74) is 2.54. The van der Waals surface area contributed by atoms with Crippen molar-refractivity contribution >= 4 is 12.0 Å². The van der Waals surface area contributed by atoms with Crippen molar-refractivity contribution < 1.29 is 23.4 Å². The van der Waals surface area contributed by atoms with Gasteiger partial charge in [0.2, 0.25) is 0 Å². The van der Waals surface area contributed by atoms with E-state index >= 15 is 0 Å². The lowest BCUT2D eigenvalue weighted by Crippen LogP contribution is -2.49. The fraction of sp³-hybridized carbons (Fsp3) is 0.500. The highest BCUT2D eigenvalue weighted by Crippen LogP contribution is 2.56. The standard InChI is InChI=1S/C28H30FNO4/c1-17-26-24(8-7-22-6-5-19(16-30-22)18-3-2-4-21(29)13-18)23-9-10-28(32-11-12-33-28)15-20(23)14-25(26)27(31)34-17/h2-8,13,16-17,20,23-26H,9-12,14-15H2,1H3/b8-7+/t17-,20-,23-,24+,25-,26+/m1/s1. The number of hydrogen-bond donors (Lipinski definition) is 0. The van der Waals surface area contributed by atoms with Crippen LogP contribution in [0.2, 0.25) is 0 Å². The third kappa shape index (κ3) is 3.87. The molecule has 2 saturated carbocycles. The number of nitrogens with zero attached hydrogens (tertiary/aromatic N) is 1. The molecule has 1 spiro atoms. The SMILES string of the molecule is C[C@H]1OC(=O)[C@@H]2C[C@@H]3CC4(CC[C@H]3[C@H](/C=C/c3ccc(-c5cccc(F)c5)cn3)[C@H]12)OCCO4. The quantitative estimate of drug-likeness (QED) is 0.582. The molecule has 5 nitrogen and oxygen atoms in total. The van der Waals surface area contributed by atoms with Crippen molar-refractivity contribution in [3.8, 4) is 11.1 Å². The van der Waals surface area contributed by atoms with Crippen LogP contribution in [0, 0.1) is 35.4 Å². The van der Waals surface area contributed by atoms with Crippen molar-refractivity contribution in [1.29, 1.82) is 0 Å². The molecule has 4 aliphatic rings. The minimum absolute atomic E-state index is 0.0557. The molecule has 6 rings (SSSR count). The molecule has 0 radical (unpaired) electrons. The van der Waals surface area contributed by atoms with Crippen molar-refractivity contribution in [2.75, 3.05) is 13.2 Å². The van der Waals surface area contributed by atoms with Gasteiger partial charge in [-0.05, 0) is 67.4 Å². The van der Waals surface area contributed by atoms with Gasteiger partial charge in [0.25, 0.3) is 0 Å². The fourth-order valence-electron chi connectivity index (χ4n) is 6.90. The van der Waals surface area contributed by atoms with Gasteiger partial charge in [-0.25, -0.2) is 4.39 Å². The highest BCUT2D eigenvalue weighted by Gasteiger charge is 2.57. The summed E-state index contributed by atoms with van der Waals surface area (Å²) in [5.74, 6) is 0.455. The van der Waals surface area contributed by atoms with Gasteiger partial charge in [-0.3, -0.25) is 9.78 Å². The first kappa shape index (κ1) is 21.9. The van der Waals surface area contributed by atoms with E-state index in [1.165, 1.54) is 12.1 Å². The van der Waals surface area contributed by atoms with Gasteiger partial charge in [0, 0.05) is 30.5 Å². The third-order valence-corrected chi connectivity index (χ3v) is 8.39. The zero-order valence-corrected chi connectivity index (χ0v) is 19.4. The molecule has 34 heavy (non-hydrogen) atoms. The van der Waals surface area contributed by atoms with E-state index in [1.807, 2.05) is 25.1 Å². The summed E-state index contributed by atoms with van der Waals surface area (Å²) in [6, 6.07) is 10.5. The summed E-state index contributed by atoms with van der Waals surface area (Å²) in [5, 5.41) is 0. The number of carbonyl (C=O) groups excluding carboxylic acids is 1. The Morgan fingerprint density at radius 2 is 2.00 bits per heavy atom. The maximum absolute atomic E-state index is 13.6. The molecule has 1 aromatic carbocycles. The summed E-state index contributed by atoms with van der Waals surface area (Å²) in [6.07, 6.45) is 9.67. The van der Waals surface area contributed by atoms with E-state index in [0.717, 1.165) is 42.5 Å². The van der Waals surface area contributed by atoms with Crippen LogP contribution >= 0.6 is 0 Å². The van der Waals surface area contributed by atoms with Crippen molar-refractivity contribution in [3.05, 3.63) is 60.2 Å². The van der Waals surface area contributed by atoms with Crippen LogP contribution in [0.1, 0.15) is 38.3 Å². The number of hydrogen-bond acceptors (Lipinski definition) is 5. The first-order chi connectivity index (χ1) is 16.5. The Morgan fingerprint density at radius 3 is 2.76 bits per heavy atom. The number of rotatable bonds is 3. The largest absolute Gasteiger partial charge is 0.462 e. The number of ether oxygens (including phenoxy) is 3. The van der Waals surface area contributed by atoms with Crippen molar-refractivity contribution in [2.24, 2.45) is 29.6 Å². The topological polar surface area (TPSA) is 57.7 Å². The van der Waals surface area contributed by atoms with E-state index in [9.17, 15) is 9.18 Å². The van der Waals surface area contributed by atoms with E-state index in [-0.39, 0.29) is 35.6 Å². The Labute approximate surface area is 199 Å². The van der Waals surface area contributed by atoms with Crippen LogP contribution in [0.3, 0.4) is 0 Å². The average Bonchev–Trinajstić information content (AvgIpc) is 3.40. The number of fused-ring (bicyclic) bond motifs is 2. The van der Waals surface area contributed by atoms with E-state index in [1.54, 1.807) is 12.3 Å². The van der Waals surface area contributed by atoms with Crippen LogP contribution in [0.15, 0.2) is 48.7 Å². The molecule has 0 bridgehead atoms. The number of esters is 1. The molecule has 4 fully saturated rings. The molecular weight excluding hydrogens is 433 g/mol. The maximum Gasteiger partial charge on any atom is 0.309 e. The first-order valence-electron chi connectivity index (χ1n) is 12.4. The molecule has 3 heterocycles. The second-order valence-electron chi connectivity index (χ2n) is 10.3. The van der Waals surface area contributed by atoms with Crippen LogP contribution < -0.4 is 0 Å². The van der Waals surface area contributed by atoms with Gasteiger partial charge in [0.05, 0.1) is 24.8 Å². The van der Waals surface area contributed by atoms with Crippen LogP contribution in [0.25, 0.3) is 17.2 Å². The number of aromatic nitrogens is 1.